The maximum Gasteiger partial charge on any atom is -1.00 e. The average Bonchev–Trinajstić information content (AvgIpc) is 3.09. The van der Waals surface area contributed by atoms with Gasteiger partial charge >= 0.3 is 149 Å². The van der Waals surface area contributed by atoms with E-state index < -0.39 is 0 Å². The predicted octanol–water partition coefficient (Wildman–Crippen LogP) is -1.69. The summed E-state index contributed by atoms with van der Waals surface area (Å²) in [6.07, 6.45) is 7.10. The van der Waals surface area contributed by atoms with Crippen molar-refractivity contribution in [1.82, 2.24) is 0 Å². The minimum atomic E-state index is 0. The second-order valence-electron chi connectivity index (χ2n) is 7.27. The largest absolute Gasteiger partial charge is 1.00 e. The van der Waals surface area contributed by atoms with Crippen molar-refractivity contribution in [2.75, 3.05) is 0 Å². The standard InChI is InChI=1S/C19H27Si.2ClH.Zr/c1-11-12(2)14(4)18(13(11)3)16-9-10-17(20)19(16)15-7-5-6-8-15;;;/h13,15H,5-8,10H2,1-4,20H3;2*1H;/q;;;+2/p-2. The van der Waals surface area contributed by atoms with Gasteiger partial charge in [0.2, 0.25) is 0 Å². The zero-order chi connectivity index (χ0) is 15.3. The molecule has 3 rings (SSSR count). The van der Waals surface area contributed by atoms with Gasteiger partial charge in [0.25, 0.3) is 0 Å². The summed E-state index contributed by atoms with van der Waals surface area (Å²) in [6, 6.07) is 0. The number of halogens is 2. The molecule has 1 saturated carbocycles. The van der Waals surface area contributed by atoms with Gasteiger partial charge in [-0.3, -0.25) is 0 Å². The van der Waals surface area contributed by atoms with Crippen LogP contribution in [0.5, 0.6) is 0 Å². The Hall–Kier alpha value is 0.640. The van der Waals surface area contributed by atoms with Gasteiger partial charge in [-0.05, 0) is 0 Å². The molecular formula is C19H27Cl2SiZr. The molecule has 23 heavy (non-hydrogen) atoms. The summed E-state index contributed by atoms with van der Waals surface area (Å²) in [6.45, 7) is 9.46. The fraction of sp³-hybridized carbons (Fsp3) is 0.579. The molecule has 1 unspecified atom stereocenters. The molecule has 3 aliphatic rings. The van der Waals surface area contributed by atoms with Crippen LogP contribution in [0.15, 0.2) is 41.9 Å². The second kappa shape index (κ2) is 8.35. The van der Waals surface area contributed by atoms with E-state index in [-0.39, 0.29) is 24.8 Å². The van der Waals surface area contributed by atoms with E-state index >= 15 is 0 Å². The Morgan fingerprint density at radius 3 is 2.00 bits per heavy atom. The zero-order valence-electron chi connectivity index (χ0n) is 14.9. The minimum Gasteiger partial charge on any atom is -1.00 e. The molecule has 0 aliphatic heterocycles. The van der Waals surface area contributed by atoms with Crippen LogP contribution in [0.3, 0.4) is 0 Å². The maximum atomic E-state index is 2.43. The van der Waals surface area contributed by atoms with Gasteiger partial charge in [0.15, 0.2) is 0 Å². The monoisotopic (exact) mass is 443 g/mol. The van der Waals surface area contributed by atoms with Crippen molar-refractivity contribution < 1.29 is 49.5 Å². The summed E-state index contributed by atoms with van der Waals surface area (Å²) in [5.41, 5.74) is 10.0. The fourth-order valence-corrected chi connectivity index (χ4v) is 7.86. The van der Waals surface area contributed by atoms with Gasteiger partial charge in [-0.1, -0.05) is 0 Å². The van der Waals surface area contributed by atoms with Crippen LogP contribution < -0.4 is 24.8 Å². The molecule has 0 radical (unpaired) electrons. The van der Waals surface area contributed by atoms with Gasteiger partial charge in [-0.2, -0.15) is 0 Å². The van der Waals surface area contributed by atoms with Crippen molar-refractivity contribution in [3.8, 4) is 0 Å². The van der Waals surface area contributed by atoms with Crippen LogP contribution in [0.25, 0.3) is 0 Å². The molecule has 0 N–H and O–H groups in total. The number of rotatable bonds is 2. The maximum absolute atomic E-state index is 2.43. The first-order valence-electron chi connectivity index (χ1n) is 8.47. The van der Waals surface area contributed by atoms with Gasteiger partial charge in [0, 0.05) is 0 Å². The summed E-state index contributed by atoms with van der Waals surface area (Å²) >= 11 is 1.65. The van der Waals surface area contributed by atoms with E-state index in [1.165, 1.54) is 42.3 Å². The molecule has 0 aromatic rings. The molecule has 3 aliphatic carbocycles. The molecule has 0 aromatic heterocycles. The summed E-state index contributed by atoms with van der Waals surface area (Å²) < 4.78 is 1.75. The quantitative estimate of drug-likeness (QED) is 0.445. The second-order valence-corrected chi connectivity index (χ2v) is 9.96. The smallest absolute Gasteiger partial charge is 1.00 e. The van der Waals surface area contributed by atoms with Crippen molar-refractivity contribution in [3.63, 3.8) is 0 Å². The topological polar surface area (TPSA) is 0 Å². The Labute approximate surface area is 172 Å². The van der Waals surface area contributed by atoms with Crippen molar-refractivity contribution in [2.24, 2.45) is 11.8 Å². The van der Waals surface area contributed by atoms with Crippen molar-refractivity contribution in [3.05, 3.63) is 41.9 Å². The molecule has 0 spiro atoms. The Balaban J connectivity index is 0.00000132. The molecule has 0 nitrogen and oxygen atoms in total. The van der Waals surface area contributed by atoms with Gasteiger partial charge in [-0.25, -0.2) is 0 Å². The van der Waals surface area contributed by atoms with E-state index in [0.29, 0.717) is 5.92 Å². The zero-order valence-corrected chi connectivity index (χ0v) is 20.9. The molecule has 0 aromatic carbocycles. The van der Waals surface area contributed by atoms with Crippen molar-refractivity contribution in [2.45, 2.75) is 59.8 Å². The normalized spacial score (nSPS) is 25.7. The molecule has 1 fully saturated rings. The van der Waals surface area contributed by atoms with Crippen LogP contribution in [0.2, 0.25) is 0 Å². The molecule has 0 heterocycles. The third-order valence-electron chi connectivity index (χ3n) is 6.15. The molecule has 0 bridgehead atoms. The van der Waals surface area contributed by atoms with Gasteiger partial charge < -0.3 is 24.8 Å². The molecule has 125 valence electrons. The first kappa shape index (κ1) is 21.7. The molecule has 0 amide bonds. The Morgan fingerprint density at radius 1 is 0.957 bits per heavy atom. The van der Waals surface area contributed by atoms with E-state index in [9.17, 15) is 0 Å². The van der Waals surface area contributed by atoms with E-state index in [0.717, 1.165) is 5.92 Å². The Kier molecular flexibility index (Phi) is 7.87. The summed E-state index contributed by atoms with van der Waals surface area (Å²) in [7, 11) is 1.26. The van der Waals surface area contributed by atoms with Crippen molar-refractivity contribution >= 4 is 10.2 Å². The molecule has 4 heteroatoms. The summed E-state index contributed by atoms with van der Waals surface area (Å²) in [5.74, 6) is 1.53. The first-order chi connectivity index (χ1) is 9.93. The Bertz CT molecular complexity index is 619. The number of allylic oxidation sites excluding steroid dienone is 8. The molecule has 0 saturated heterocycles. The third-order valence-corrected chi connectivity index (χ3v) is 8.09. The third kappa shape index (κ3) is 3.62. The SMILES string of the molecule is CC1=C(C)C(C)C(C2=[C]([Zr+2])CC([SiH3])=C2C2CCCC2)=C1C.[Cl-].[Cl-]. The predicted molar refractivity (Wildman–Crippen MR) is 90.8 cm³/mol. The molecule has 1 atom stereocenters. The van der Waals surface area contributed by atoms with Crippen molar-refractivity contribution in [1.29, 1.82) is 0 Å². The first-order valence-corrected chi connectivity index (χ1v) is 10.7. The van der Waals surface area contributed by atoms with E-state index in [1.807, 2.05) is 10.8 Å². The average molecular weight is 446 g/mol. The Morgan fingerprint density at radius 2 is 1.52 bits per heavy atom. The fourth-order valence-electron chi connectivity index (χ4n) is 4.67. The van der Waals surface area contributed by atoms with Crippen LogP contribution in [-0.4, -0.2) is 10.2 Å². The van der Waals surface area contributed by atoms with E-state index in [1.54, 1.807) is 55.9 Å². The van der Waals surface area contributed by atoms with Crippen LogP contribution >= 0.6 is 0 Å². The summed E-state index contributed by atoms with van der Waals surface area (Å²) in [4.78, 5) is 0. The molecular weight excluding hydrogens is 418 g/mol. The van der Waals surface area contributed by atoms with Gasteiger partial charge in [0.1, 0.15) is 0 Å². The van der Waals surface area contributed by atoms with E-state index in [4.69, 9.17) is 0 Å². The van der Waals surface area contributed by atoms with Crippen LogP contribution in [0.1, 0.15) is 59.8 Å². The number of hydrogen-bond donors (Lipinski definition) is 0. The van der Waals surface area contributed by atoms with Gasteiger partial charge in [0.05, 0.1) is 0 Å². The minimum absolute atomic E-state index is 0. The van der Waals surface area contributed by atoms with Crippen LogP contribution in [0, 0.1) is 11.8 Å². The van der Waals surface area contributed by atoms with Crippen LogP contribution in [0.4, 0.5) is 0 Å². The van der Waals surface area contributed by atoms with Crippen LogP contribution in [-0.2, 0) is 24.7 Å². The number of hydrogen-bond acceptors (Lipinski definition) is 0. The summed E-state index contributed by atoms with van der Waals surface area (Å²) in [5, 5.41) is 1.82. The van der Waals surface area contributed by atoms with E-state index in [2.05, 4.69) is 27.7 Å². The van der Waals surface area contributed by atoms with Gasteiger partial charge in [-0.15, -0.1) is 0 Å².